The van der Waals surface area contributed by atoms with Gasteiger partial charge in [-0.15, -0.1) is 0 Å². The Bertz CT molecular complexity index is 589. The van der Waals surface area contributed by atoms with Gasteiger partial charge in [-0.2, -0.15) is 0 Å². The summed E-state index contributed by atoms with van der Waals surface area (Å²) in [5, 5.41) is 1.11. The van der Waals surface area contributed by atoms with Crippen LogP contribution in [0.5, 0.6) is 5.75 Å². The quantitative estimate of drug-likeness (QED) is 0.670. The van der Waals surface area contributed by atoms with E-state index in [2.05, 4.69) is 19.9 Å². The molecule has 0 amide bonds. The van der Waals surface area contributed by atoms with Crippen molar-refractivity contribution in [1.29, 1.82) is 0 Å². The van der Waals surface area contributed by atoms with Crippen molar-refractivity contribution in [1.82, 2.24) is 19.9 Å². The van der Waals surface area contributed by atoms with Gasteiger partial charge in [0.05, 0.1) is 7.11 Å². The van der Waals surface area contributed by atoms with Gasteiger partial charge in [-0.25, -0.2) is 15.0 Å². The number of halogens is 1. The van der Waals surface area contributed by atoms with E-state index in [9.17, 15) is 4.79 Å². The SMILES string of the molecule is COc1c(Cl)ncnc1Sc1nccc(=O)[nH]1. The highest BCUT2D eigenvalue weighted by atomic mass is 35.5. The molecule has 1 N–H and O–H groups in total. The summed E-state index contributed by atoms with van der Waals surface area (Å²) >= 11 is 6.99. The summed E-state index contributed by atoms with van der Waals surface area (Å²) in [5.41, 5.74) is -0.235. The molecule has 17 heavy (non-hydrogen) atoms. The zero-order valence-electron chi connectivity index (χ0n) is 8.68. The topological polar surface area (TPSA) is 80.8 Å². The molecular formula is C9H7ClN4O2S. The van der Waals surface area contributed by atoms with Crippen molar-refractivity contribution < 1.29 is 4.74 Å². The Morgan fingerprint density at radius 1 is 1.41 bits per heavy atom. The fraction of sp³-hybridized carbons (Fsp3) is 0.111. The van der Waals surface area contributed by atoms with E-state index in [4.69, 9.17) is 16.3 Å². The molecule has 0 fully saturated rings. The third kappa shape index (κ3) is 2.75. The van der Waals surface area contributed by atoms with Gasteiger partial charge in [0.1, 0.15) is 6.33 Å². The summed E-state index contributed by atoms with van der Waals surface area (Å²) < 4.78 is 5.08. The second kappa shape index (κ2) is 5.15. The standard InChI is InChI=1S/C9H7ClN4O2S/c1-16-6-7(10)12-4-13-8(6)17-9-11-3-2-5(15)14-9/h2-4H,1H3,(H,11,14,15). The molecule has 2 heterocycles. The molecule has 88 valence electrons. The largest absolute Gasteiger partial charge is 0.491 e. The number of methoxy groups -OCH3 is 1. The minimum atomic E-state index is -0.235. The van der Waals surface area contributed by atoms with Crippen LogP contribution in [0.15, 0.2) is 33.6 Å². The fourth-order valence-electron chi connectivity index (χ4n) is 1.08. The predicted octanol–water partition coefficient (Wildman–Crippen LogP) is 1.37. The smallest absolute Gasteiger partial charge is 0.251 e. The molecule has 2 rings (SSSR count). The summed E-state index contributed by atoms with van der Waals surface area (Å²) in [5.74, 6) is 0.352. The maximum Gasteiger partial charge on any atom is 0.251 e. The van der Waals surface area contributed by atoms with E-state index in [1.165, 1.54) is 25.7 Å². The van der Waals surface area contributed by atoms with Gasteiger partial charge in [-0.3, -0.25) is 4.79 Å². The number of hydrogen-bond acceptors (Lipinski definition) is 6. The first-order valence-corrected chi connectivity index (χ1v) is 5.68. The molecule has 6 nitrogen and oxygen atoms in total. The van der Waals surface area contributed by atoms with E-state index in [-0.39, 0.29) is 10.7 Å². The number of H-pyrrole nitrogens is 1. The number of hydrogen-bond donors (Lipinski definition) is 1. The van der Waals surface area contributed by atoms with E-state index in [1.807, 2.05) is 0 Å². The normalized spacial score (nSPS) is 10.2. The number of aromatic amines is 1. The minimum absolute atomic E-state index is 0.211. The highest BCUT2D eigenvalue weighted by Gasteiger charge is 2.12. The molecule has 0 unspecified atom stereocenters. The summed E-state index contributed by atoms with van der Waals surface area (Å²) in [6, 6.07) is 1.33. The Balaban J connectivity index is 2.36. The Hall–Kier alpha value is -1.60. The van der Waals surface area contributed by atoms with Gasteiger partial charge in [0.15, 0.2) is 21.1 Å². The molecule has 0 aromatic carbocycles. The first-order chi connectivity index (χ1) is 8.20. The molecule has 0 aliphatic heterocycles. The minimum Gasteiger partial charge on any atom is -0.491 e. The van der Waals surface area contributed by atoms with Crippen LogP contribution in [0.25, 0.3) is 0 Å². The molecule has 8 heteroatoms. The lowest BCUT2D eigenvalue weighted by Gasteiger charge is -2.06. The van der Waals surface area contributed by atoms with Crippen LogP contribution in [0, 0.1) is 0 Å². The Morgan fingerprint density at radius 3 is 2.94 bits per heavy atom. The highest BCUT2D eigenvalue weighted by Crippen LogP contribution is 2.34. The predicted molar refractivity (Wildman–Crippen MR) is 62.6 cm³/mol. The van der Waals surface area contributed by atoms with Crippen LogP contribution in [-0.4, -0.2) is 27.0 Å². The first kappa shape index (κ1) is 11.9. The molecule has 2 aromatic heterocycles. The van der Waals surface area contributed by atoms with Crippen molar-refractivity contribution in [2.24, 2.45) is 0 Å². The Labute approximate surface area is 105 Å². The molecular weight excluding hydrogens is 264 g/mol. The zero-order chi connectivity index (χ0) is 12.3. The third-order valence-corrected chi connectivity index (χ3v) is 2.93. The number of rotatable bonds is 3. The van der Waals surface area contributed by atoms with Gasteiger partial charge >= 0.3 is 0 Å². The molecule has 0 aliphatic carbocycles. The van der Waals surface area contributed by atoms with Crippen LogP contribution in [0.2, 0.25) is 5.15 Å². The monoisotopic (exact) mass is 270 g/mol. The van der Waals surface area contributed by atoms with Gasteiger partial charge in [0.2, 0.25) is 0 Å². The molecule has 0 atom stereocenters. The third-order valence-electron chi connectivity index (χ3n) is 1.77. The van der Waals surface area contributed by atoms with Crippen molar-refractivity contribution in [3.63, 3.8) is 0 Å². The highest BCUT2D eigenvalue weighted by molar-refractivity contribution is 7.99. The van der Waals surface area contributed by atoms with Crippen LogP contribution in [0.1, 0.15) is 0 Å². The maximum atomic E-state index is 11.1. The second-order valence-corrected chi connectivity index (χ2v) is 4.18. The summed E-state index contributed by atoms with van der Waals surface area (Å²) in [4.78, 5) is 25.5. The first-order valence-electron chi connectivity index (χ1n) is 4.48. The molecule has 0 radical (unpaired) electrons. The number of nitrogens with one attached hydrogen (secondary N) is 1. The Morgan fingerprint density at radius 2 is 2.24 bits per heavy atom. The van der Waals surface area contributed by atoms with Gasteiger partial charge in [0, 0.05) is 12.3 Å². The molecule has 0 spiro atoms. The van der Waals surface area contributed by atoms with Crippen molar-refractivity contribution >= 4 is 23.4 Å². The van der Waals surface area contributed by atoms with Gasteiger partial charge in [-0.05, 0) is 11.8 Å². The zero-order valence-corrected chi connectivity index (χ0v) is 10.2. The molecule has 0 aliphatic rings. The molecule has 0 saturated heterocycles. The average Bonchev–Trinajstić information content (AvgIpc) is 2.29. The van der Waals surface area contributed by atoms with E-state index in [1.54, 1.807) is 0 Å². The van der Waals surface area contributed by atoms with Crippen molar-refractivity contribution in [2.75, 3.05) is 7.11 Å². The molecule has 0 saturated carbocycles. The van der Waals surface area contributed by atoms with Crippen LogP contribution < -0.4 is 10.3 Å². The summed E-state index contributed by atoms with van der Waals surface area (Å²) in [6.07, 6.45) is 2.73. The van der Waals surface area contributed by atoms with E-state index < -0.39 is 0 Å². The van der Waals surface area contributed by atoms with E-state index in [0.717, 1.165) is 11.8 Å². The summed E-state index contributed by atoms with van der Waals surface area (Å²) in [7, 11) is 1.47. The average molecular weight is 271 g/mol. The fourth-order valence-corrected chi connectivity index (χ4v) is 2.16. The molecule has 2 aromatic rings. The van der Waals surface area contributed by atoms with Crippen LogP contribution >= 0.6 is 23.4 Å². The van der Waals surface area contributed by atoms with Gasteiger partial charge in [0.25, 0.3) is 5.56 Å². The van der Waals surface area contributed by atoms with Crippen LogP contribution in [0.3, 0.4) is 0 Å². The van der Waals surface area contributed by atoms with Gasteiger partial charge < -0.3 is 9.72 Å². The second-order valence-electron chi connectivity index (χ2n) is 2.84. The lowest BCUT2D eigenvalue weighted by atomic mass is 10.6. The Kier molecular flexibility index (Phi) is 3.60. The van der Waals surface area contributed by atoms with Crippen molar-refractivity contribution in [3.05, 3.63) is 34.1 Å². The van der Waals surface area contributed by atoms with Crippen LogP contribution in [-0.2, 0) is 0 Å². The van der Waals surface area contributed by atoms with Crippen LogP contribution in [0.4, 0.5) is 0 Å². The number of nitrogens with zero attached hydrogens (tertiary/aromatic N) is 3. The number of aromatic nitrogens is 4. The molecule has 0 bridgehead atoms. The van der Waals surface area contributed by atoms with Gasteiger partial charge in [-0.1, -0.05) is 11.6 Å². The lowest BCUT2D eigenvalue weighted by Crippen LogP contribution is -2.05. The van der Waals surface area contributed by atoms with E-state index in [0.29, 0.717) is 15.9 Å². The number of ether oxygens (including phenoxy) is 1. The summed E-state index contributed by atoms with van der Waals surface area (Å²) in [6.45, 7) is 0. The van der Waals surface area contributed by atoms with Crippen molar-refractivity contribution in [3.8, 4) is 5.75 Å². The van der Waals surface area contributed by atoms with Crippen molar-refractivity contribution in [2.45, 2.75) is 10.2 Å². The van der Waals surface area contributed by atoms with E-state index >= 15 is 0 Å². The maximum absolute atomic E-state index is 11.1. The lowest BCUT2D eigenvalue weighted by molar-refractivity contribution is 0.398.